The Morgan fingerprint density at radius 3 is 2.24 bits per heavy atom. The summed E-state index contributed by atoms with van der Waals surface area (Å²) in [5.41, 5.74) is 2.64. The fraction of sp³-hybridized carbons (Fsp3) is 0.419. The molecule has 2 heterocycles. The first-order valence-corrected chi connectivity index (χ1v) is 13.1. The number of aryl methyl sites for hydroxylation is 1. The minimum atomic E-state index is -0.156. The lowest BCUT2D eigenvalue weighted by Gasteiger charge is -2.29. The number of fused-ring (bicyclic) bond motifs is 1. The van der Waals surface area contributed by atoms with Crippen molar-refractivity contribution in [2.24, 2.45) is 5.92 Å². The smallest absolute Gasteiger partial charge is 0.254 e. The summed E-state index contributed by atoms with van der Waals surface area (Å²) in [6, 6.07) is 17.1. The maximum Gasteiger partial charge on any atom is 0.254 e. The molecule has 7 heteroatoms. The molecule has 202 valence electrons. The van der Waals surface area contributed by atoms with E-state index in [2.05, 4.69) is 20.8 Å². The van der Waals surface area contributed by atoms with Gasteiger partial charge in [-0.15, -0.1) is 0 Å². The molecule has 0 bridgehead atoms. The van der Waals surface area contributed by atoms with Crippen molar-refractivity contribution in [1.82, 2.24) is 9.80 Å². The van der Waals surface area contributed by atoms with Gasteiger partial charge in [-0.3, -0.25) is 9.59 Å². The Hall–Kier alpha value is -3.74. The van der Waals surface area contributed by atoms with Gasteiger partial charge in [-0.05, 0) is 65.8 Å². The highest BCUT2D eigenvalue weighted by Crippen LogP contribution is 2.33. The standard InChI is InChI=1S/C31H38N2O5/c1-21(2)16-33(30(35)24-9-11-25(12-10-24)31(4,5)6)19-29(34)32(18-26-13-7-22(3)38-26)17-23-8-14-27-28(15-23)37-20-36-27/h7-15,21H,16-20H2,1-6H3. The minimum Gasteiger partial charge on any atom is -0.464 e. The van der Waals surface area contributed by atoms with Crippen molar-refractivity contribution < 1.29 is 23.5 Å². The van der Waals surface area contributed by atoms with Crippen LogP contribution in [0.4, 0.5) is 0 Å². The van der Waals surface area contributed by atoms with Crippen LogP contribution in [0.5, 0.6) is 11.5 Å². The molecule has 3 aromatic rings. The quantitative estimate of drug-likeness (QED) is 0.351. The zero-order valence-corrected chi connectivity index (χ0v) is 23.2. The summed E-state index contributed by atoms with van der Waals surface area (Å²) < 4.78 is 16.7. The Labute approximate surface area is 225 Å². The van der Waals surface area contributed by atoms with Crippen LogP contribution in [0.2, 0.25) is 0 Å². The monoisotopic (exact) mass is 518 g/mol. The Morgan fingerprint density at radius 2 is 1.61 bits per heavy atom. The average Bonchev–Trinajstić information content (AvgIpc) is 3.50. The van der Waals surface area contributed by atoms with E-state index in [-0.39, 0.29) is 36.5 Å². The van der Waals surface area contributed by atoms with E-state index >= 15 is 0 Å². The van der Waals surface area contributed by atoms with E-state index in [1.807, 2.05) is 75.4 Å². The normalized spacial score (nSPS) is 12.6. The van der Waals surface area contributed by atoms with E-state index in [4.69, 9.17) is 13.9 Å². The summed E-state index contributed by atoms with van der Waals surface area (Å²) in [4.78, 5) is 30.7. The number of carbonyl (C=O) groups is 2. The van der Waals surface area contributed by atoms with Gasteiger partial charge in [0.05, 0.1) is 6.54 Å². The molecular weight excluding hydrogens is 480 g/mol. The van der Waals surface area contributed by atoms with Crippen LogP contribution in [0.25, 0.3) is 0 Å². The molecule has 0 spiro atoms. The molecule has 0 saturated heterocycles. The number of benzene rings is 2. The highest BCUT2D eigenvalue weighted by atomic mass is 16.7. The number of ether oxygens (including phenoxy) is 2. The van der Waals surface area contributed by atoms with E-state index < -0.39 is 0 Å². The van der Waals surface area contributed by atoms with Crippen LogP contribution in [0, 0.1) is 12.8 Å². The molecule has 0 radical (unpaired) electrons. The number of hydrogen-bond donors (Lipinski definition) is 0. The first-order chi connectivity index (χ1) is 18.0. The summed E-state index contributed by atoms with van der Waals surface area (Å²) in [7, 11) is 0. The molecule has 0 atom stereocenters. The molecule has 2 aromatic carbocycles. The predicted molar refractivity (Wildman–Crippen MR) is 146 cm³/mol. The van der Waals surface area contributed by atoms with Crippen LogP contribution in [0.15, 0.2) is 59.0 Å². The zero-order valence-electron chi connectivity index (χ0n) is 23.2. The lowest BCUT2D eigenvalue weighted by Crippen LogP contribution is -2.43. The van der Waals surface area contributed by atoms with E-state index in [1.165, 1.54) is 0 Å². The molecule has 38 heavy (non-hydrogen) atoms. The number of rotatable bonds is 9. The summed E-state index contributed by atoms with van der Waals surface area (Å²) >= 11 is 0. The minimum absolute atomic E-state index is 0.00536. The van der Waals surface area contributed by atoms with Gasteiger partial charge in [0.1, 0.15) is 18.1 Å². The molecule has 1 aliphatic heterocycles. The van der Waals surface area contributed by atoms with Crippen LogP contribution in [-0.2, 0) is 23.3 Å². The van der Waals surface area contributed by atoms with Gasteiger partial charge in [0.15, 0.2) is 11.5 Å². The van der Waals surface area contributed by atoms with Gasteiger partial charge in [0.2, 0.25) is 12.7 Å². The van der Waals surface area contributed by atoms with Crippen molar-refractivity contribution in [3.8, 4) is 11.5 Å². The van der Waals surface area contributed by atoms with Gasteiger partial charge in [-0.1, -0.05) is 52.8 Å². The van der Waals surface area contributed by atoms with Gasteiger partial charge in [-0.25, -0.2) is 0 Å². The van der Waals surface area contributed by atoms with Crippen molar-refractivity contribution in [3.05, 3.63) is 82.8 Å². The number of hydrogen-bond acceptors (Lipinski definition) is 5. The Morgan fingerprint density at radius 1 is 0.895 bits per heavy atom. The van der Waals surface area contributed by atoms with E-state index in [0.717, 1.165) is 16.9 Å². The molecule has 2 amide bonds. The van der Waals surface area contributed by atoms with Crippen LogP contribution in [0.1, 0.15) is 67.6 Å². The van der Waals surface area contributed by atoms with E-state index in [9.17, 15) is 9.59 Å². The first-order valence-electron chi connectivity index (χ1n) is 13.1. The third-order valence-electron chi connectivity index (χ3n) is 6.50. The maximum atomic E-state index is 13.7. The fourth-order valence-electron chi connectivity index (χ4n) is 4.47. The molecule has 7 nitrogen and oxygen atoms in total. The third-order valence-corrected chi connectivity index (χ3v) is 6.50. The van der Waals surface area contributed by atoms with E-state index in [1.54, 1.807) is 9.80 Å². The summed E-state index contributed by atoms with van der Waals surface area (Å²) in [5, 5.41) is 0. The van der Waals surface area contributed by atoms with Gasteiger partial charge < -0.3 is 23.7 Å². The number of furan rings is 1. The topological polar surface area (TPSA) is 72.2 Å². The highest BCUT2D eigenvalue weighted by molar-refractivity contribution is 5.96. The van der Waals surface area contributed by atoms with Crippen molar-refractivity contribution in [2.75, 3.05) is 19.9 Å². The zero-order chi connectivity index (χ0) is 27.4. The van der Waals surface area contributed by atoms with Gasteiger partial charge in [0.25, 0.3) is 5.91 Å². The molecule has 0 fully saturated rings. The number of amides is 2. The Kier molecular flexibility index (Phi) is 8.14. The number of carbonyl (C=O) groups excluding carboxylic acids is 2. The largest absolute Gasteiger partial charge is 0.464 e. The van der Waals surface area contributed by atoms with Crippen molar-refractivity contribution >= 4 is 11.8 Å². The number of nitrogens with zero attached hydrogens (tertiary/aromatic N) is 2. The maximum absolute atomic E-state index is 13.7. The molecule has 0 N–H and O–H groups in total. The lowest BCUT2D eigenvalue weighted by molar-refractivity contribution is -0.133. The molecular formula is C31H38N2O5. The molecule has 1 aliphatic rings. The third kappa shape index (κ3) is 6.77. The molecule has 0 saturated carbocycles. The lowest BCUT2D eigenvalue weighted by atomic mass is 9.86. The molecule has 0 unspecified atom stereocenters. The highest BCUT2D eigenvalue weighted by Gasteiger charge is 2.25. The summed E-state index contributed by atoms with van der Waals surface area (Å²) in [5.74, 6) is 2.73. The van der Waals surface area contributed by atoms with Crippen LogP contribution in [0.3, 0.4) is 0 Å². The molecule has 0 aliphatic carbocycles. The summed E-state index contributed by atoms with van der Waals surface area (Å²) in [6.45, 7) is 13.7. The fourth-order valence-corrected chi connectivity index (χ4v) is 4.47. The van der Waals surface area contributed by atoms with Crippen LogP contribution >= 0.6 is 0 Å². The average molecular weight is 519 g/mol. The van der Waals surface area contributed by atoms with Gasteiger partial charge in [-0.2, -0.15) is 0 Å². The van der Waals surface area contributed by atoms with Crippen molar-refractivity contribution in [3.63, 3.8) is 0 Å². The first kappa shape index (κ1) is 27.3. The predicted octanol–water partition coefficient (Wildman–Crippen LogP) is 5.94. The molecule has 1 aromatic heterocycles. The second kappa shape index (κ2) is 11.3. The second-order valence-corrected chi connectivity index (χ2v) is 11.4. The van der Waals surface area contributed by atoms with Crippen LogP contribution < -0.4 is 9.47 Å². The SMILES string of the molecule is Cc1ccc(CN(Cc2ccc3c(c2)OCO3)C(=O)CN(CC(C)C)C(=O)c2ccc(C(C)(C)C)cc2)o1. The van der Waals surface area contributed by atoms with Crippen molar-refractivity contribution in [1.29, 1.82) is 0 Å². The Balaban J connectivity index is 1.55. The second-order valence-electron chi connectivity index (χ2n) is 11.4. The van der Waals surface area contributed by atoms with E-state index in [0.29, 0.717) is 42.5 Å². The molecule has 4 rings (SSSR count). The Bertz CT molecular complexity index is 1270. The summed E-state index contributed by atoms with van der Waals surface area (Å²) in [6.07, 6.45) is 0. The van der Waals surface area contributed by atoms with Gasteiger partial charge in [0, 0.05) is 18.7 Å². The van der Waals surface area contributed by atoms with Gasteiger partial charge >= 0.3 is 0 Å². The van der Waals surface area contributed by atoms with Crippen LogP contribution in [-0.4, -0.2) is 41.5 Å². The van der Waals surface area contributed by atoms with Crippen molar-refractivity contribution in [2.45, 2.75) is 60.0 Å².